The minimum Gasteiger partial charge on any atom is -0.462 e. The topological polar surface area (TPSA) is 78.9 Å². The minimum absolute atomic E-state index is 0.140. The van der Waals surface area contributed by atoms with Crippen LogP contribution in [-0.4, -0.2) is 37.2 Å². The molecule has 0 aliphatic carbocycles. The fourth-order valence-corrected chi connectivity index (χ4v) is 5.88. The molecule has 65 heavy (non-hydrogen) atoms. The first kappa shape index (κ1) is 60.0. The van der Waals surface area contributed by atoms with Crippen LogP contribution in [0.4, 0.5) is 0 Å². The number of esters is 3. The normalized spacial score (nSPS) is 13.5. The van der Waals surface area contributed by atoms with Gasteiger partial charge in [0.15, 0.2) is 6.10 Å². The Hall–Kier alpha value is -4.97. The zero-order valence-electron chi connectivity index (χ0n) is 40.9. The van der Waals surface area contributed by atoms with Gasteiger partial charge in [0, 0.05) is 19.3 Å². The van der Waals surface area contributed by atoms with Gasteiger partial charge in [-0.15, -0.1) is 0 Å². The van der Waals surface area contributed by atoms with Crippen LogP contribution in [0.1, 0.15) is 175 Å². The third kappa shape index (κ3) is 49.9. The third-order valence-corrected chi connectivity index (χ3v) is 9.52. The van der Waals surface area contributed by atoms with E-state index in [2.05, 4.69) is 167 Å². The van der Waals surface area contributed by atoms with Gasteiger partial charge < -0.3 is 14.2 Å². The van der Waals surface area contributed by atoms with Crippen LogP contribution in [0.15, 0.2) is 158 Å². The maximum atomic E-state index is 12.8. The van der Waals surface area contributed by atoms with Crippen molar-refractivity contribution in [3.63, 3.8) is 0 Å². The van der Waals surface area contributed by atoms with Crippen molar-refractivity contribution in [2.75, 3.05) is 13.2 Å². The van der Waals surface area contributed by atoms with E-state index in [0.29, 0.717) is 19.3 Å². The van der Waals surface area contributed by atoms with Crippen molar-refractivity contribution in [1.29, 1.82) is 0 Å². The molecule has 0 amide bonds. The number of carbonyl (C=O) groups excluding carboxylic acids is 3. The number of ether oxygens (including phenoxy) is 3. The lowest BCUT2D eigenvalue weighted by molar-refractivity contribution is -0.166. The van der Waals surface area contributed by atoms with Crippen molar-refractivity contribution in [2.24, 2.45) is 0 Å². The summed E-state index contributed by atoms with van der Waals surface area (Å²) in [4.78, 5) is 37.8. The van der Waals surface area contributed by atoms with Gasteiger partial charge in [0.2, 0.25) is 0 Å². The van der Waals surface area contributed by atoms with Crippen LogP contribution in [-0.2, 0) is 28.6 Å². The molecule has 0 aliphatic rings. The van der Waals surface area contributed by atoms with E-state index >= 15 is 0 Å². The summed E-state index contributed by atoms with van der Waals surface area (Å²) in [6.07, 6.45) is 75.4. The molecule has 0 saturated carbocycles. The maximum Gasteiger partial charge on any atom is 0.306 e. The van der Waals surface area contributed by atoms with Crippen molar-refractivity contribution < 1.29 is 28.6 Å². The number of carbonyl (C=O) groups is 3. The minimum atomic E-state index is -0.846. The largest absolute Gasteiger partial charge is 0.462 e. The first-order valence-corrected chi connectivity index (χ1v) is 25.0. The van der Waals surface area contributed by atoms with Gasteiger partial charge >= 0.3 is 17.9 Å². The van der Waals surface area contributed by atoms with Crippen molar-refractivity contribution in [2.45, 2.75) is 181 Å². The highest BCUT2D eigenvalue weighted by atomic mass is 16.6. The standard InChI is InChI=1S/C59H88O6/c1-4-7-10-13-16-19-21-23-25-27-29-31-33-35-37-40-43-46-49-52-58(61)64-55-56(54-63-57(60)51-48-45-42-39-18-15-12-9-6-3)65-59(62)53-50-47-44-41-38-36-34-32-30-28-26-24-22-20-17-14-11-8-5-2/h7-12,16-20,23-26,29-32,35-39,43,46,56H,4-6,13-15,21-22,27-28,33-34,40-42,44-45,47-55H2,1-3H3/b10-7-,11-8-,12-9-,19-16-,20-17-,25-23-,26-24-,31-29-,32-30-,37-35-,38-36-,39-18-,46-43-. The summed E-state index contributed by atoms with van der Waals surface area (Å²) in [7, 11) is 0. The van der Waals surface area contributed by atoms with E-state index in [0.717, 1.165) is 116 Å². The molecule has 0 saturated heterocycles. The second-order valence-corrected chi connectivity index (χ2v) is 15.6. The van der Waals surface area contributed by atoms with Gasteiger partial charge in [-0.25, -0.2) is 0 Å². The van der Waals surface area contributed by atoms with E-state index in [9.17, 15) is 14.4 Å². The van der Waals surface area contributed by atoms with Gasteiger partial charge in [-0.2, -0.15) is 0 Å². The average molecular weight is 893 g/mol. The molecule has 6 heteroatoms. The van der Waals surface area contributed by atoms with Crippen LogP contribution in [0.5, 0.6) is 0 Å². The highest BCUT2D eigenvalue weighted by Crippen LogP contribution is 2.10. The second kappa shape index (κ2) is 51.7. The van der Waals surface area contributed by atoms with E-state index < -0.39 is 6.10 Å². The van der Waals surface area contributed by atoms with Gasteiger partial charge in [0.25, 0.3) is 0 Å². The monoisotopic (exact) mass is 893 g/mol. The molecule has 0 rings (SSSR count). The van der Waals surface area contributed by atoms with Gasteiger partial charge in [-0.05, 0) is 128 Å². The third-order valence-electron chi connectivity index (χ3n) is 9.52. The molecule has 0 radical (unpaired) electrons. The quantitative estimate of drug-likeness (QED) is 0.0263. The molecule has 6 nitrogen and oxygen atoms in total. The first-order chi connectivity index (χ1) is 32.0. The molecule has 0 fully saturated rings. The number of allylic oxidation sites excluding steroid dienone is 26. The fourth-order valence-electron chi connectivity index (χ4n) is 5.88. The average Bonchev–Trinajstić information content (AvgIpc) is 3.30. The summed E-state index contributed by atoms with van der Waals surface area (Å²) in [5, 5.41) is 0. The predicted octanol–water partition coefficient (Wildman–Crippen LogP) is 16.6. The van der Waals surface area contributed by atoms with E-state index in [4.69, 9.17) is 14.2 Å². The van der Waals surface area contributed by atoms with Crippen LogP contribution in [0.25, 0.3) is 0 Å². The number of hydrogen-bond donors (Lipinski definition) is 0. The zero-order valence-corrected chi connectivity index (χ0v) is 40.9. The Labute approximate surface area is 397 Å². The van der Waals surface area contributed by atoms with Gasteiger partial charge in [0.1, 0.15) is 13.2 Å². The lowest BCUT2D eigenvalue weighted by atomic mass is 10.1. The van der Waals surface area contributed by atoms with Gasteiger partial charge in [-0.1, -0.05) is 185 Å². The molecule has 0 aromatic rings. The van der Waals surface area contributed by atoms with E-state index in [1.165, 1.54) is 0 Å². The van der Waals surface area contributed by atoms with E-state index in [-0.39, 0.29) is 50.4 Å². The number of unbranched alkanes of at least 4 members (excludes halogenated alkanes) is 5. The summed E-state index contributed by atoms with van der Waals surface area (Å²) >= 11 is 0. The molecular weight excluding hydrogens is 805 g/mol. The van der Waals surface area contributed by atoms with Crippen molar-refractivity contribution in [3.05, 3.63) is 158 Å². The van der Waals surface area contributed by atoms with E-state index in [1.807, 2.05) is 12.2 Å². The molecule has 0 heterocycles. The zero-order chi connectivity index (χ0) is 47.2. The fraction of sp³-hybridized carbons (Fsp3) is 0.508. The lowest BCUT2D eigenvalue weighted by Crippen LogP contribution is -2.30. The summed E-state index contributed by atoms with van der Waals surface area (Å²) in [5.74, 6) is -1.11. The lowest BCUT2D eigenvalue weighted by Gasteiger charge is -2.18. The molecule has 1 unspecified atom stereocenters. The molecule has 0 aliphatic heterocycles. The molecule has 0 aromatic heterocycles. The SMILES string of the molecule is CC/C=C\C/C=C\C/C=C\C/C=C\C/C=C\C/C=C\CCC(=O)OCC(COC(=O)CCCC/C=C\C/C=C\CC)OC(=O)CCCCC/C=C\C/C=C\C/C=C\C/C=C\C/C=C\CC. The van der Waals surface area contributed by atoms with Crippen molar-refractivity contribution >= 4 is 17.9 Å². The van der Waals surface area contributed by atoms with Gasteiger partial charge in [-0.3, -0.25) is 14.4 Å². The molecule has 0 aromatic carbocycles. The smallest absolute Gasteiger partial charge is 0.306 e. The Bertz CT molecular complexity index is 1540. The Kier molecular flexibility index (Phi) is 47.7. The Balaban J connectivity index is 4.57. The Morgan fingerprint density at radius 3 is 0.954 bits per heavy atom. The number of hydrogen-bond acceptors (Lipinski definition) is 6. The Morgan fingerprint density at radius 1 is 0.308 bits per heavy atom. The molecule has 0 spiro atoms. The summed E-state index contributed by atoms with van der Waals surface area (Å²) in [6.45, 7) is 6.12. The second-order valence-electron chi connectivity index (χ2n) is 15.6. The molecule has 1 atom stereocenters. The molecule has 360 valence electrons. The predicted molar refractivity (Wildman–Crippen MR) is 278 cm³/mol. The molecule has 0 bridgehead atoms. The van der Waals surface area contributed by atoms with Crippen molar-refractivity contribution in [3.8, 4) is 0 Å². The molecular formula is C59H88O6. The summed E-state index contributed by atoms with van der Waals surface area (Å²) in [6, 6.07) is 0. The highest BCUT2D eigenvalue weighted by molar-refractivity contribution is 5.71. The highest BCUT2D eigenvalue weighted by Gasteiger charge is 2.19. The Morgan fingerprint density at radius 2 is 0.585 bits per heavy atom. The van der Waals surface area contributed by atoms with Gasteiger partial charge in [0.05, 0.1) is 0 Å². The summed E-state index contributed by atoms with van der Waals surface area (Å²) < 4.78 is 16.6. The first-order valence-electron chi connectivity index (χ1n) is 25.0. The van der Waals surface area contributed by atoms with Crippen LogP contribution in [0, 0.1) is 0 Å². The summed E-state index contributed by atoms with van der Waals surface area (Å²) in [5.41, 5.74) is 0. The van der Waals surface area contributed by atoms with Crippen LogP contribution < -0.4 is 0 Å². The van der Waals surface area contributed by atoms with Crippen molar-refractivity contribution in [1.82, 2.24) is 0 Å². The maximum absolute atomic E-state index is 12.8. The van der Waals surface area contributed by atoms with Crippen LogP contribution in [0.2, 0.25) is 0 Å². The van der Waals surface area contributed by atoms with E-state index in [1.54, 1.807) is 0 Å². The van der Waals surface area contributed by atoms with Crippen LogP contribution in [0.3, 0.4) is 0 Å². The molecule has 0 N–H and O–H groups in total. The van der Waals surface area contributed by atoms with Crippen LogP contribution >= 0.6 is 0 Å². The number of rotatable bonds is 42.